The predicted molar refractivity (Wildman–Crippen MR) is 64.2 cm³/mol. The average Bonchev–Trinajstić information content (AvgIpc) is 2.26. The molecule has 0 saturated carbocycles. The monoisotopic (exact) mass is 221 g/mol. The minimum atomic E-state index is -0.735. The molecule has 1 aromatic carbocycles. The summed E-state index contributed by atoms with van der Waals surface area (Å²) in [6, 6.07) is 10.3. The lowest BCUT2D eigenvalue weighted by Crippen LogP contribution is -2.32. The Balaban J connectivity index is 2.35. The zero-order chi connectivity index (χ0) is 12.0. The van der Waals surface area contributed by atoms with Gasteiger partial charge in [-0.2, -0.15) is 0 Å². The SMILES string of the molecule is CC(CC(=O)O)C(C)NCc1ccccc1. The van der Waals surface area contributed by atoms with Gasteiger partial charge in [-0.1, -0.05) is 37.3 Å². The Hall–Kier alpha value is -1.35. The molecule has 0 amide bonds. The number of carboxylic acids is 1. The second kappa shape index (κ2) is 6.28. The van der Waals surface area contributed by atoms with Crippen LogP contribution in [0.3, 0.4) is 0 Å². The first kappa shape index (κ1) is 12.7. The van der Waals surface area contributed by atoms with Crippen molar-refractivity contribution in [1.29, 1.82) is 0 Å². The maximum atomic E-state index is 10.6. The van der Waals surface area contributed by atoms with Crippen molar-refractivity contribution in [3.05, 3.63) is 35.9 Å². The van der Waals surface area contributed by atoms with E-state index in [1.165, 1.54) is 5.56 Å². The molecule has 1 aromatic rings. The van der Waals surface area contributed by atoms with Crippen molar-refractivity contribution in [3.63, 3.8) is 0 Å². The summed E-state index contributed by atoms with van der Waals surface area (Å²) in [7, 11) is 0. The Morgan fingerprint density at radius 3 is 2.50 bits per heavy atom. The van der Waals surface area contributed by atoms with Crippen molar-refractivity contribution >= 4 is 5.97 Å². The summed E-state index contributed by atoms with van der Waals surface area (Å²) in [6.45, 7) is 4.76. The fourth-order valence-corrected chi connectivity index (χ4v) is 1.53. The zero-order valence-electron chi connectivity index (χ0n) is 9.81. The van der Waals surface area contributed by atoms with E-state index in [9.17, 15) is 4.79 Å². The van der Waals surface area contributed by atoms with E-state index in [2.05, 4.69) is 17.4 Å². The largest absolute Gasteiger partial charge is 0.481 e. The molecular formula is C13H19NO2. The van der Waals surface area contributed by atoms with Gasteiger partial charge >= 0.3 is 5.97 Å². The normalized spacial score (nSPS) is 14.4. The molecule has 2 unspecified atom stereocenters. The summed E-state index contributed by atoms with van der Waals surface area (Å²) in [5.41, 5.74) is 1.22. The minimum absolute atomic E-state index is 0.140. The van der Waals surface area contributed by atoms with E-state index >= 15 is 0 Å². The van der Waals surface area contributed by atoms with Crippen LogP contribution in [0, 0.1) is 5.92 Å². The van der Waals surface area contributed by atoms with Crippen LogP contribution in [0.2, 0.25) is 0 Å². The van der Waals surface area contributed by atoms with Gasteiger partial charge in [0.25, 0.3) is 0 Å². The Morgan fingerprint density at radius 2 is 1.94 bits per heavy atom. The maximum Gasteiger partial charge on any atom is 0.303 e. The first-order valence-corrected chi connectivity index (χ1v) is 5.58. The van der Waals surface area contributed by atoms with Gasteiger partial charge in [-0.15, -0.1) is 0 Å². The second-order valence-corrected chi connectivity index (χ2v) is 4.23. The minimum Gasteiger partial charge on any atom is -0.481 e. The van der Waals surface area contributed by atoms with Crippen molar-refractivity contribution in [3.8, 4) is 0 Å². The second-order valence-electron chi connectivity index (χ2n) is 4.23. The predicted octanol–water partition coefficient (Wildman–Crippen LogP) is 2.28. The van der Waals surface area contributed by atoms with Crippen LogP contribution in [-0.4, -0.2) is 17.1 Å². The number of carbonyl (C=O) groups is 1. The first-order valence-electron chi connectivity index (χ1n) is 5.58. The average molecular weight is 221 g/mol. The van der Waals surface area contributed by atoms with Crippen LogP contribution in [-0.2, 0) is 11.3 Å². The Labute approximate surface area is 96.5 Å². The lowest BCUT2D eigenvalue weighted by molar-refractivity contribution is -0.138. The third kappa shape index (κ3) is 4.45. The van der Waals surface area contributed by atoms with Crippen LogP contribution < -0.4 is 5.32 Å². The van der Waals surface area contributed by atoms with Crippen molar-refractivity contribution < 1.29 is 9.90 Å². The number of aliphatic carboxylic acids is 1. The first-order chi connectivity index (χ1) is 7.59. The quantitative estimate of drug-likeness (QED) is 0.774. The molecule has 0 heterocycles. The molecule has 88 valence electrons. The lowest BCUT2D eigenvalue weighted by Gasteiger charge is -2.19. The topological polar surface area (TPSA) is 49.3 Å². The molecular weight excluding hydrogens is 202 g/mol. The van der Waals surface area contributed by atoms with Crippen LogP contribution in [0.15, 0.2) is 30.3 Å². The highest BCUT2D eigenvalue weighted by Crippen LogP contribution is 2.08. The lowest BCUT2D eigenvalue weighted by atomic mass is 10.00. The summed E-state index contributed by atoms with van der Waals surface area (Å²) in [5.74, 6) is -0.595. The smallest absolute Gasteiger partial charge is 0.303 e. The van der Waals surface area contributed by atoms with Crippen molar-refractivity contribution in [2.45, 2.75) is 32.9 Å². The maximum absolute atomic E-state index is 10.6. The third-order valence-corrected chi connectivity index (χ3v) is 2.82. The van der Waals surface area contributed by atoms with Gasteiger partial charge in [-0.25, -0.2) is 0 Å². The molecule has 2 N–H and O–H groups in total. The van der Waals surface area contributed by atoms with Crippen molar-refractivity contribution in [2.75, 3.05) is 0 Å². The molecule has 0 fully saturated rings. The molecule has 3 nitrogen and oxygen atoms in total. The molecule has 3 heteroatoms. The van der Waals surface area contributed by atoms with Gasteiger partial charge in [0.2, 0.25) is 0 Å². The Kier molecular flexibility index (Phi) is 4.99. The molecule has 0 aromatic heterocycles. The van der Waals surface area contributed by atoms with Crippen LogP contribution in [0.25, 0.3) is 0 Å². The molecule has 0 bridgehead atoms. The van der Waals surface area contributed by atoms with Gasteiger partial charge in [-0.05, 0) is 18.4 Å². The van der Waals surface area contributed by atoms with Gasteiger partial charge in [-0.3, -0.25) is 4.79 Å². The van der Waals surface area contributed by atoms with E-state index in [0.717, 1.165) is 6.54 Å². The fourth-order valence-electron chi connectivity index (χ4n) is 1.53. The molecule has 2 atom stereocenters. The highest BCUT2D eigenvalue weighted by molar-refractivity contribution is 5.67. The standard InChI is InChI=1S/C13H19NO2/c1-10(8-13(15)16)11(2)14-9-12-6-4-3-5-7-12/h3-7,10-11,14H,8-9H2,1-2H3,(H,15,16). The van der Waals surface area contributed by atoms with Gasteiger partial charge in [0.05, 0.1) is 0 Å². The third-order valence-electron chi connectivity index (χ3n) is 2.82. The van der Waals surface area contributed by atoms with Crippen LogP contribution >= 0.6 is 0 Å². The number of rotatable bonds is 6. The number of hydrogen-bond acceptors (Lipinski definition) is 2. The highest BCUT2D eigenvalue weighted by Gasteiger charge is 2.14. The van der Waals surface area contributed by atoms with Gasteiger partial charge in [0.15, 0.2) is 0 Å². The van der Waals surface area contributed by atoms with E-state index < -0.39 is 5.97 Å². The fraction of sp³-hybridized carbons (Fsp3) is 0.462. The summed E-state index contributed by atoms with van der Waals surface area (Å²) in [5, 5.41) is 12.0. The molecule has 0 saturated heterocycles. The summed E-state index contributed by atoms with van der Waals surface area (Å²) in [4.78, 5) is 10.6. The van der Waals surface area contributed by atoms with Crippen LogP contribution in [0.1, 0.15) is 25.8 Å². The summed E-state index contributed by atoms with van der Waals surface area (Å²) in [6.07, 6.45) is 0.211. The summed E-state index contributed by atoms with van der Waals surface area (Å²) >= 11 is 0. The number of benzene rings is 1. The molecule has 0 spiro atoms. The molecule has 0 aliphatic heterocycles. The van der Waals surface area contributed by atoms with Crippen LogP contribution in [0.4, 0.5) is 0 Å². The summed E-state index contributed by atoms with van der Waals surface area (Å²) < 4.78 is 0. The molecule has 0 radical (unpaired) electrons. The molecule has 16 heavy (non-hydrogen) atoms. The Morgan fingerprint density at radius 1 is 1.31 bits per heavy atom. The molecule has 0 aliphatic carbocycles. The van der Waals surface area contributed by atoms with Crippen LogP contribution in [0.5, 0.6) is 0 Å². The van der Waals surface area contributed by atoms with E-state index in [0.29, 0.717) is 0 Å². The highest BCUT2D eigenvalue weighted by atomic mass is 16.4. The van der Waals surface area contributed by atoms with Crippen molar-refractivity contribution in [2.24, 2.45) is 5.92 Å². The van der Waals surface area contributed by atoms with E-state index in [1.54, 1.807) is 0 Å². The van der Waals surface area contributed by atoms with E-state index in [4.69, 9.17) is 5.11 Å². The number of carboxylic acid groups (broad SMARTS) is 1. The number of hydrogen-bond donors (Lipinski definition) is 2. The molecule has 0 aliphatic rings. The van der Waals surface area contributed by atoms with Gasteiger partial charge < -0.3 is 10.4 Å². The van der Waals surface area contributed by atoms with Gasteiger partial charge in [0.1, 0.15) is 0 Å². The van der Waals surface area contributed by atoms with E-state index in [1.807, 2.05) is 32.0 Å². The van der Waals surface area contributed by atoms with Gasteiger partial charge in [0, 0.05) is 19.0 Å². The van der Waals surface area contributed by atoms with E-state index in [-0.39, 0.29) is 18.4 Å². The zero-order valence-corrected chi connectivity index (χ0v) is 9.81. The van der Waals surface area contributed by atoms with Crippen molar-refractivity contribution in [1.82, 2.24) is 5.32 Å². The molecule has 1 rings (SSSR count). The number of nitrogens with one attached hydrogen (secondary N) is 1. The Bertz CT molecular complexity index is 324.